The molecule has 0 saturated carbocycles. The largest absolute Gasteiger partial charge is 0.394 e. The molecule has 0 amide bonds. The van der Waals surface area contributed by atoms with Crippen molar-refractivity contribution in [1.29, 1.82) is 0 Å². The second-order valence-electron chi connectivity index (χ2n) is 3.45. The maximum atomic E-state index is 8.53. The summed E-state index contributed by atoms with van der Waals surface area (Å²) in [6.45, 7) is 1.81. The van der Waals surface area contributed by atoms with Crippen LogP contribution in [0.15, 0.2) is 18.7 Å². The van der Waals surface area contributed by atoms with Crippen LogP contribution >= 0.6 is 0 Å². The summed E-state index contributed by atoms with van der Waals surface area (Å²) in [6, 6.07) is 0. The van der Waals surface area contributed by atoms with Crippen molar-refractivity contribution in [3.63, 3.8) is 0 Å². The Balaban J connectivity index is 1.80. The van der Waals surface area contributed by atoms with Crippen molar-refractivity contribution in [1.82, 2.24) is 19.6 Å². The van der Waals surface area contributed by atoms with Gasteiger partial charge in [0.1, 0.15) is 6.33 Å². The third-order valence-electron chi connectivity index (χ3n) is 2.21. The third-order valence-corrected chi connectivity index (χ3v) is 2.21. The van der Waals surface area contributed by atoms with Gasteiger partial charge in [-0.2, -0.15) is 0 Å². The molecule has 0 unspecified atom stereocenters. The number of aromatic nitrogens is 4. The van der Waals surface area contributed by atoms with Crippen molar-refractivity contribution >= 4 is 11.5 Å². The van der Waals surface area contributed by atoms with E-state index in [2.05, 4.69) is 20.5 Å². The van der Waals surface area contributed by atoms with Crippen molar-refractivity contribution in [3.05, 3.63) is 18.7 Å². The molecule has 0 aromatic carbocycles. The Morgan fingerprint density at radius 3 is 3.24 bits per heavy atom. The van der Waals surface area contributed by atoms with E-state index in [4.69, 9.17) is 9.84 Å². The minimum Gasteiger partial charge on any atom is -0.394 e. The molecule has 0 aliphatic carbocycles. The Bertz CT molecular complexity index is 459. The molecule has 2 heterocycles. The monoisotopic (exact) mass is 237 g/mol. The van der Waals surface area contributed by atoms with E-state index in [1.165, 1.54) is 0 Å². The fourth-order valence-electron chi connectivity index (χ4n) is 1.43. The number of anilines is 1. The van der Waals surface area contributed by atoms with Crippen LogP contribution in [0.3, 0.4) is 0 Å². The molecule has 7 nitrogen and oxygen atoms in total. The third kappa shape index (κ3) is 3.11. The summed E-state index contributed by atoms with van der Waals surface area (Å²) >= 11 is 0. The van der Waals surface area contributed by atoms with Gasteiger partial charge in [0.25, 0.3) is 0 Å². The fraction of sp³-hybridized carbons (Fsp3) is 0.500. The molecule has 0 atom stereocenters. The highest BCUT2D eigenvalue weighted by molar-refractivity contribution is 5.61. The summed E-state index contributed by atoms with van der Waals surface area (Å²) in [6.07, 6.45) is 5.97. The van der Waals surface area contributed by atoms with Gasteiger partial charge in [0, 0.05) is 25.5 Å². The normalized spacial score (nSPS) is 10.9. The van der Waals surface area contributed by atoms with Gasteiger partial charge in [-0.05, 0) is 6.42 Å². The number of hydrogen-bond acceptors (Lipinski definition) is 6. The van der Waals surface area contributed by atoms with Crippen LogP contribution in [0, 0.1) is 0 Å². The molecule has 0 saturated heterocycles. The standard InChI is InChI=1S/C10H15N5O2/c16-5-7-17-6-1-2-11-9-10-14-13-8-15(10)4-3-12-9/h3-4,8,16H,1-2,5-7H2,(H,11,12). The minimum atomic E-state index is 0.0635. The summed E-state index contributed by atoms with van der Waals surface area (Å²) in [7, 11) is 0. The predicted octanol–water partition coefficient (Wildman–Crippen LogP) is -0.0648. The van der Waals surface area contributed by atoms with Gasteiger partial charge in [-0.3, -0.25) is 4.40 Å². The van der Waals surface area contributed by atoms with Crippen LogP contribution in [-0.2, 0) is 4.74 Å². The van der Waals surface area contributed by atoms with Gasteiger partial charge >= 0.3 is 0 Å². The van der Waals surface area contributed by atoms with Crippen molar-refractivity contribution in [2.24, 2.45) is 0 Å². The number of rotatable bonds is 7. The van der Waals surface area contributed by atoms with E-state index >= 15 is 0 Å². The van der Waals surface area contributed by atoms with E-state index in [9.17, 15) is 0 Å². The maximum Gasteiger partial charge on any atom is 0.203 e. The van der Waals surface area contributed by atoms with Crippen LogP contribution in [0.5, 0.6) is 0 Å². The summed E-state index contributed by atoms with van der Waals surface area (Å²) in [4.78, 5) is 4.20. The molecule has 0 fully saturated rings. The highest BCUT2D eigenvalue weighted by atomic mass is 16.5. The minimum absolute atomic E-state index is 0.0635. The van der Waals surface area contributed by atoms with Crippen molar-refractivity contribution in [3.8, 4) is 0 Å². The maximum absolute atomic E-state index is 8.53. The zero-order chi connectivity index (χ0) is 11.9. The quantitative estimate of drug-likeness (QED) is 0.656. The van der Waals surface area contributed by atoms with Crippen LogP contribution in [-0.4, -0.2) is 51.1 Å². The smallest absolute Gasteiger partial charge is 0.203 e. The van der Waals surface area contributed by atoms with E-state index in [-0.39, 0.29) is 6.61 Å². The highest BCUT2D eigenvalue weighted by Gasteiger charge is 2.02. The average Bonchev–Trinajstić information content (AvgIpc) is 2.82. The Labute approximate surface area is 98.5 Å². The van der Waals surface area contributed by atoms with E-state index in [0.29, 0.717) is 24.7 Å². The van der Waals surface area contributed by atoms with E-state index in [1.807, 2.05) is 0 Å². The molecule has 92 valence electrons. The summed E-state index contributed by atoms with van der Waals surface area (Å²) in [5.41, 5.74) is 0.712. The fourth-order valence-corrected chi connectivity index (χ4v) is 1.43. The van der Waals surface area contributed by atoms with Crippen molar-refractivity contribution in [2.45, 2.75) is 6.42 Å². The van der Waals surface area contributed by atoms with Crippen LogP contribution in [0.2, 0.25) is 0 Å². The lowest BCUT2D eigenvalue weighted by Crippen LogP contribution is -2.09. The Morgan fingerprint density at radius 2 is 2.35 bits per heavy atom. The van der Waals surface area contributed by atoms with Crippen LogP contribution in [0.25, 0.3) is 5.65 Å². The van der Waals surface area contributed by atoms with Gasteiger partial charge in [0.05, 0.1) is 13.2 Å². The van der Waals surface area contributed by atoms with Crippen molar-refractivity contribution in [2.75, 3.05) is 31.7 Å². The first-order valence-electron chi connectivity index (χ1n) is 5.48. The molecule has 7 heteroatoms. The molecule has 0 aliphatic heterocycles. The van der Waals surface area contributed by atoms with Gasteiger partial charge in [-0.1, -0.05) is 0 Å². The molecule has 2 aromatic rings. The molecule has 2 rings (SSSR count). The topological polar surface area (TPSA) is 84.6 Å². The number of hydrogen-bond donors (Lipinski definition) is 2. The second-order valence-corrected chi connectivity index (χ2v) is 3.45. The number of nitrogens with one attached hydrogen (secondary N) is 1. The first-order chi connectivity index (χ1) is 8.42. The van der Waals surface area contributed by atoms with Gasteiger partial charge < -0.3 is 15.2 Å². The highest BCUT2D eigenvalue weighted by Crippen LogP contribution is 2.09. The summed E-state index contributed by atoms with van der Waals surface area (Å²) in [5.74, 6) is 0.715. The van der Waals surface area contributed by atoms with Crippen LogP contribution < -0.4 is 5.32 Å². The summed E-state index contributed by atoms with van der Waals surface area (Å²) < 4.78 is 6.95. The number of aliphatic hydroxyl groups is 1. The van der Waals surface area contributed by atoms with Gasteiger partial charge in [-0.15, -0.1) is 10.2 Å². The molecular weight excluding hydrogens is 222 g/mol. The SMILES string of the molecule is OCCOCCCNc1nccn2cnnc12. The molecule has 17 heavy (non-hydrogen) atoms. The number of ether oxygens (including phenoxy) is 1. The van der Waals surface area contributed by atoms with Gasteiger partial charge in [0.15, 0.2) is 5.82 Å². The van der Waals surface area contributed by atoms with E-state index in [1.54, 1.807) is 23.1 Å². The van der Waals surface area contributed by atoms with Gasteiger partial charge in [-0.25, -0.2) is 4.98 Å². The van der Waals surface area contributed by atoms with Crippen LogP contribution in [0.4, 0.5) is 5.82 Å². The number of aliphatic hydroxyl groups excluding tert-OH is 1. The first-order valence-corrected chi connectivity index (χ1v) is 5.48. The van der Waals surface area contributed by atoms with E-state index < -0.39 is 0 Å². The lowest BCUT2D eigenvalue weighted by molar-refractivity contribution is 0.0922. The molecule has 0 spiro atoms. The zero-order valence-electron chi connectivity index (χ0n) is 9.41. The molecule has 2 N–H and O–H groups in total. The molecule has 0 bridgehead atoms. The number of nitrogens with zero attached hydrogens (tertiary/aromatic N) is 4. The van der Waals surface area contributed by atoms with Gasteiger partial charge in [0.2, 0.25) is 5.65 Å². The first kappa shape index (κ1) is 11.7. The molecular formula is C10H15N5O2. The Morgan fingerprint density at radius 1 is 1.41 bits per heavy atom. The second kappa shape index (κ2) is 6.12. The Hall–Kier alpha value is -1.73. The predicted molar refractivity (Wildman–Crippen MR) is 61.8 cm³/mol. The molecule has 0 radical (unpaired) electrons. The lowest BCUT2D eigenvalue weighted by Gasteiger charge is -2.06. The number of fused-ring (bicyclic) bond motifs is 1. The average molecular weight is 237 g/mol. The van der Waals surface area contributed by atoms with Crippen LogP contribution in [0.1, 0.15) is 6.42 Å². The lowest BCUT2D eigenvalue weighted by atomic mass is 10.4. The van der Waals surface area contributed by atoms with Crippen molar-refractivity contribution < 1.29 is 9.84 Å². The zero-order valence-corrected chi connectivity index (χ0v) is 9.41. The Kier molecular flexibility index (Phi) is 4.23. The summed E-state index contributed by atoms with van der Waals surface area (Å²) in [5, 5.41) is 19.5. The molecule has 0 aliphatic rings. The van der Waals surface area contributed by atoms with E-state index in [0.717, 1.165) is 13.0 Å². The molecule has 2 aromatic heterocycles.